The van der Waals surface area contributed by atoms with E-state index in [1.807, 2.05) is 0 Å². The van der Waals surface area contributed by atoms with Crippen LogP contribution in [0.3, 0.4) is 0 Å². The summed E-state index contributed by atoms with van der Waals surface area (Å²) in [6, 6.07) is 8.60. The predicted octanol–water partition coefficient (Wildman–Crippen LogP) is 0.969. The lowest BCUT2D eigenvalue weighted by Crippen LogP contribution is -2.36. The fourth-order valence-electron chi connectivity index (χ4n) is 1.20. The zero-order valence-electron chi connectivity index (χ0n) is 9.96. The molecule has 0 aromatic heterocycles. The molecule has 0 bridgehead atoms. The normalized spacial score (nSPS) is 13.7. The molecule has 7 heteroatoms. The molecule has 2 N–H and O–H groups in total. The Morgan fingerprint density at radius 3 is 2.67 bits per heavy atom. The average molecular weight is 273 g/mol. The smallest absolute Gasteiger partial charge is 0.320 e. The molecule has 0 spiro atoms. The molecule has 1 aromatic rings. The molecule has 1 aromatic carbocycles. The highest BCUT2D eigenvalue weighted by molar-refractivity contribution is 7.38. The van der Waals surface area contributed by atoms with Crippen molar-refractivity contribution in [3.63, 3.8) is 0 Å². The van der Waals surface area contributed by atoms with Crippen molar-refractivity contribution in [1.29, 1.82) is 0 Å². The SMILES string of the molecule is CCOC(=O)CNC(Oc1ccccc1)[PH](=O)O. The highest BCUT2D eigenvalue weighted by Gasteiger charge is 2.17. The quantitative estimate of drug-likeness (QED) is 0.437. The number of esters is 1. The van der Waals surface area contributed by atoms with E-state index in [1.54, 1.807) is 37.3 Å². The number of para-hydroxylation sites is 1. The summed E-state index contributed by atoms with van der Waals surface area (Å²) < 4.78 is 21.1. The van der Waals surface area contributed by atoms with Crippen LogP contribution >= 0.6 is 8.03 Å². The van der Waals surface area contributed by atoms with E-state index in [2.05, 4.69) is 5.32 Å². The van der Waals surface area contributed by atoms with Crippen LogP contribution in [0.1, 0.15) is 6.92 Å². The molecule has 0 aliphatic rings. The second kappa shape index (κ2) is 7.87. The van der Waals surface area contributed by atoms with Gasteiger partial charge in [-0.05, 0) is 19.1 Å². The monoisotopic (exact) mass is 273 g/mol. The van der Waals surface area contributed by atoms with Crippen molar-refractivity contribution in [2.45, 2.75) is 12.9 Å². The molecule has 2 atom stereocenters. The zero-order chi connectivity index (χ0) is 13.4. The van der Waals surface area contributed by atoms with E-state index in [0.717, 1.165) is 0 Å². The van der Waals surface area contributed by atoms with Crippen molar-refractivity contribution >= 4 is 14.0 Å². The first-order chi connectivity index (χ1) is 8.63. The Kier molecular flexibility index (Phi) is 6.43. The molecular weight excluding hydrogens is 257 g/mol. The van der Waals surface area contributed by atoms with Crippen molar-refractivity contribution < 1.29 is 23.7 Å². The van der Waals surface area contributed by atoms with E-state index < -0.39 is 20.0 Å². The van der Waals surface area contributed by atoms with E-state index in [4.69, 9.17) is 14.4 Å². The highest BCUT2D eigenvalue weighted by Crippen LogP contribution is 2.23. The Labute approximate surface area is 106 Å². The van der Waals surface area contributed by atoms with Crippen LogP contribution in [0, 0.1) is 0 Å². The van der Waals surface area contributed by atoms with Gasteiger partial charge in [0.25, 0.3) is 0 Å². The molecule has 0 heterocycles. The Bertz CT molecular complexity index is 398. The molecule has 0 fully saturated rings. The Morgan fingerprint density at radius 1 is 1.44 bits per heavy atom. The fraction of sp³-hybridized carbons (Fsp3) is 0.364. The second-order valence-corrected chi connectivity index (χ2v) is 4.54. The zero-order valence-corrected chi connectivity index (χ0v) is 11.0. The third-order valence-corrected chi connectivity index (χ3v) is 2.73. The molecule has 0 aliphatic carbocycles. The molecule has 1 rings (SSSR count). The predicted molar refractivity (Wildman–Crippen MR) is 66.7 cm³/mol. The summed E-state index contributed by atoms with van der Waals surface area (Å²) in [5, 5.41) is 2.54. The summed E-state index contributed by atoms with van der Waals surface area (Å²) in [6.45, 7) is 1.77. The maximum Gasteiger partial charge on any atom is 0.320 e. The van der Waals surface area contributed by atoms with Gasteiger partial charge in [-0.15, -0.1) is 0 Å². The number of ether oxygens (including phenoxy) is 2. The minimum atomic E-state index is -2.97. The lowest BCUT2D eigenvalue weighted by molar-refractivity contribution is -0.142. The van der Waals surface area contributed by atoms with Crippen molar-refractivity contribution in [1.82, 2.24) is 5.32 Å². The van der Waals surface area contributed by atoms with E-state index in [0.29, 0.717) is 5.75 Å². The lowest BCUT2D eigenvalue weighted by Gasteiger charge is -2.17. The van der Waals surface area contributed by atoms with Gasteiger partial charge in [0.2, 0.25) is 14.0 Å². The fourth-order valence-corrected chi connectivity index (χ4v) is 1.72. The van der Waals surface area contributed by atoms with Crippen LogP contribution in [-0.4, -0.2) is 30.0 Å². The number of benzene rings is 1. The van der Waals surface area contributed by atoms with Crippen LogP contribution in [0.4, 0.5) is 0 Å². The van der Waals surface area contributed by atoms with Gasteiger partial charge in [0.05, 0.1) is 13.2 Å². The molecule has 0 saturated heterocycles. The third kappa shape index (κ3) is 5.31. The molecule has 18 heavy (non-hydrogen) atoms. The van der Waals surface area contributed by atoms with Gasteiger partial charge >= 0.3 is 5.97 Å². The Morgan fingerprint density at radius 2 is 2.11 bits per heavy atom. The van der Waals surface area contributed by atoms with Gasteiger partial charge < -0.3 is 14.4 Å². The Balaban J connectivity index is 2.51. The third-order valence-electron chi connectivity index (χ3n) is 1.96. The van der Waals surface area contributed by atoms with Crippen molar-refractivity contribution in [2.24, 2.45) is 0 Å². The van der Waals surface area contributed by atoms with Gasteiger partial charge in [0.1, 0.15) is 5.75 Å². The van der Waals surface area contributed by atoms with Crippen molar-refractivity contribution in [3.05, 3.63) is 30.3 Å². The molecule has 100 valence electrons. The van der Waals surface area contributed by atoms with Gasteiger partial charge in [-0.2, -0.15) is 0 Å². The van der Waals surface area contributed by atoms with Gasteiger partial charge in [-0.3, -0.25) is 14.7 Å². The molecule has 0 radical (unpaired) electrons. The maximum atomic E-state index is 11.1. The van der Waals surface area contributed by atoms with E-state index in [1.165, 1.54) is 0 Å². The molecular formula is C11H16NO5P. The van der Waals surface area contributed by atoms with Gasteiger partial charge in [0, 0.05) is 0 Å². The van der Waals surface area contributed by atoms with Crippen molar-refractivity contribution in [2.75, 3.05) is 13.2 Å². The standard InChI is InChI=1S/C11H16NO5P/c1-2-16-10(13)8-12-11(18(14)15)17-9-6-4-3-5-7-9/h3-7,11-12,18H,2,8H2,1H3,(H,14,15). The summed E-state index contributed by atoms with van der Waals surface area (Å²) in [4.78, 5) is 20.2. The van der Waals surface area contributed by atoms with Gasteiger partial charge in [-0.1, -0.05) is 18.2 Å². The summed E-state index contributed by atoms with van der Waals surface area (Å²) in [5.41, 5.74) is 0. The van der Waals surface area contributed by atoms with Gasteiger partial charge in [0.15, 0.2) is 0 Å². The van der Waals surface area contributed by atoms with E-state index in [9.17, 15) is 9.36 Å². The first kappa shape index (κ1) is 14.7. The van der Waals surface area contributed by atoms with Crippen LogP contribution < -0.4 is 10.1 Å². The molecule has 6 nitrogen and oxygen atoms in total. The summed E-state index contributed by atoms with van der Waals surface area (Å²) in [7, 11) is -2.97. The number of rotatable bonds is 7. The van der Waals surface area contributed by atoms with Crippen LogP contribution in [0.5, 0.6) is 5.75 Å². The van der Waals surface area contributed by atoms with Gasteiger partial charge in [-0.25, -0.2) is 0 Å². The maximum absolute atomic E-state index is 11.1. The number of carbonyl (C=O) groups excluding carboxylic acids is 1. The highest BCUT2D eigenvalue weighted by atomic mass is 31.1. The largest absolute Gasteiger partial charge is 0.466 e. The number of carbonyl (C=O) groups is 1. The van der Waals surface area contributed by atoms with Crippen LogP contribution in [0.15, 0.2) is 30.3 Å². The van der Waals surface area contributed by atoms with Crippen LogP contribution in [0.25, 0.3) is 0 Å². The van der Waals surface area contributed by atoms with E-state index in [-0.39, 0.29) is 13.2 Å². The van der Waals surface area contributed by atoms with Crippen LogP contribution in [-0.2, 0) is 14.1 Å². The second-order valence-electron chi connectivity index (χ2n) is 3.34. The summed E-state index contributed by atoms with van der Waals surface area (Å²) in [5.74, 6) is -1.16. The summed E-state index contributed by atoms with van der Waals surface area (Å²) >= 11 is 0. The van der Waals surface area contributed by atoms with Crippen molar-refractivity contribution in [3.8, 4) is 5.75 Å². The first-order valence-corrected chi connectivity index (χ1v) is 6.90. The minimum Gasteiger partial charge on any atom is -0.466 e. The average Bonchev–Trinajstić information content (AvgIpc) is 2.35. The summed E-state index contributed by atoms with van der Waals surface area (Å²) in [6.07, 6.45) is 0. The molecule has 2 unspecified atom stereocenters. The van der Waals surface area contributed by atoms with E-state index >= 15 is 0 Å². The number of hydrogen-bond donors (Lipinski definition) is 2. The number of nitrogens with one attached hydrogen (secondary N) is 1. The minimum absolute atomic E-state index is 0.178. The number of hydrogen-bond acceptors (Lipinski definition) is 5. The Hall–Kier alpha value is -1.36. The molecule has 0 amide bonds. The van der Waals surface area contributed by atoms with Crippen LogP contribution in [0.2, 0.25) is 0 Å². The lowest BCUT2D eigenvalue weighted by atomic mass is 10.3. The topological polar surface area (TPSA) is 84.9 Å². The molecule has 0 saturated carbocycles. The molecule has 0 aliphatic heterocycles. The first-order valence-electron chi connectivity index (χ1n) is 5.47.